The molecular weight excluding hydrogens is 383 g/mol. The average molecular weight is 408 g/mol. The molecule has 3 aromatic rings. The van der Waals surface area contributed by atoms with Crippen molar-refractivity contribution >= 4 is 5.91 Å². The Morgan fingerprint density at radius 2 is 2.00 bits per heavy atom. The fourth-order valence-corrected chi connectivity index (χ4v) is 3.69. The van der Waals surface area contributed by atoms with Crippen LogP contribution in [0.1, 0.15) is 25.7 Å². The van der Waals surface area contributed by atoms with Crippen LogP contribution >= 0.6 is 0 Å². The van der Waals surface area contributed by atoms with E-state index in [0.717, 1.165) is 37.0 Å². The number of nitrogens with zero attached hydrogens (tertiary/aromatic N) is 3. The van der Waals surface area contributed by atoms with Crippen molar-refractivity contribution < 1.29 is 13.9 Å². The van der Waals surface area contributed by atoms with Crippen molar-refractivity contribution in [2.24, 2.45) is 0 Å². The molecule has 4 rings (SSSR count). The molecule has 0 aliphatic carbocycles. The molecule has 1 unspecified atom stereocenters. The monoisotopic (exact) mass is 408 g/mol. The van der Waals surface area contributed by atoms with E-state index in [0.29, 0.717) is 30.8 Å². The lowest BCUT2D eigenvalue weighted by molar-refractivity contribution is -0.124. The number of pyridine rings is 1. The van der Waals surface area contributed by atoms with Gasteiger partial charge in [0.05, 0.1) is 19.1 Å². The van der Waals surface area contributed by atoms with Crippen molar-refractivity contribution in [3.63, 3.8) is 0 Å². The van der Waals surface area contributed by atoms with Crippen LogP contribution in [0.4, 0.5) is 4.39 Å². The number of benzene rings is 1. The summed E-state index contributed by atoms with van der Waals surface area (Å²) >= 11 is 0. The molecule has 2 aromatic heterocycles. The maximum Gasteiger partial charge on any atom is 0.222 e. The van der Waals surface area contributed by atoms with Gasteiger partial charge in [-0.05, 0) is 49.1 Å². The molecule has 0 bridgehead atoms. The summed E-state index contributed by atoms with van der Waals surface area (Å²) in [7, 11) is 0. The van der Waals surface area contributed by atoms with Crippen molar-refractivity contribution in [1.29, 1.82) is 0 Å². The van der Waals surface area contributed by atoms with E-state index in [9.17, 15) is 9.18 Å². The normalized spacial score (nSPS) is 16.4. The quantitative estimate of drug-likeness (QED) is 0.645. The second-order valence-corrected chi connectivity index (χ2v) is 7.41. The first-order valence-electron chi connectivity index (χ1n) is 10.3. The van der Waals surface area contributed by atoms with Crippen LogP contribution in [0.5, 0.6) is 0 Å². The van der Waals surface area contributed by atoms with Crippen molar-refractivity contribution in [1.82, 2.24) is 20.1 Å². The lowest BCUT2D eigenvalue weighted by atomic mass is 10.0. The minimum absolute atomic E-state index is 0.0160. The number of aromatic nitrogens is 3. The summed E-state index contributed by atoms with van der Waals surface area (Å²) in [6.45, 7) is 1.67. The highest BCUT2D eigenvalue weighted by atomic mass is 19.1. The van der Waals surface area contributed by atoms with Crippen molar-refractivity contribution in [3.05, 3.63) is 60.8 Å². The van der Waals surface area contributed by atoms with Gasteiger partial charge in [-0.1, -0.05) is 12.1 Å². The van der Waals surface area contributed by atoms with Crippen LogP contribution in [0.2, 0.25) is 0 Å². The van der Waals surface area contributed by atoms with Gasteiger partial charge in [-0.2, -0.15) is 5.10 Å². The zero-order chi connectivity index (χ0) is 20.8. The van der Waals surface area contributed by atoms with Crippen LogP contribution in [0.3, 0.4) is 0 Å². The number of carbonyl (C=O) groups excluding carboxylic acids is 1. The Kier molecular flexibility index (Phi) is 6.49. The van der Waals surface area contributed by atoms with Crippen LogP contribution < -0.4 is 5.32 Å². The number of rotatable bonds is 7. The zero-order valence-electron chi connectivity index (χ0n) is 16.8. The maximum atomic E-state index is 14.4. The summed E-state index contributed by atoms with van der Waals surface area (Å²) < 4.78 is 21.8. The molecule has 156 valence electrons. The minimum atomic E-state index is -0.321. The highest BCUT2D eigenvalue weighted by molar-refractivity contribution is 5.80. The third-order valence-corrected chi connectivity index (χ3v) is 5.23. The van der Waals surface area contributed by atoms with Crippen LogP contribution in [-0.4, -0.2) is 39.9 Å². The van der Waals surface area contributed by atoms with Crippen LogP contribution in [-0.2, 0) is 16.1 Å². The van der Waals surface area contributed by atoms with Crippen molar-refractivity contribution in [2.75, 3.05) is 13.2 Å². The van der Waals surface area contributed by atoms with E-state index in [1.54, 1.807) is 35.3 Å². The van der Waals surface area contributed by atoms with Gasteiger partial charge in [0.1, 0.15) is 11.5 Å². The number of nitrogens with one attached hydrogen (secondary N) is 1. The Morgan fingerprint density at radius 1 is 1.17 bits per heavy atom. The third-order valence-electron chi connectivity index (χ3n) is 5.23. The average Bonchev–Trinajstić information content (AvgIpc) is 3.19. The molecule has 1 N–H and O–H groups in total. The summed E-state index contributed by atoms with van der Waals surface area (Å²) in [5.74, 6) is -0.336. The van der Waals surface area contributed by atoms with Crippen LogP contribution in [0.25, 0.3) is 22.4 Å². The number of halogens is 1. The fourth-order valence-electron chi connectivity index (χ4n) is 3.69. The lowest BCUT2D eigenvalue weighted by Crippen LogP contribution is -2.32. The van der Waals surface area contributed by atoms with Gasteiger partial charge in [0.25, 0.3) is 0 Å². The summed E-state index contributed by atoms with van der Waals surface area (Å²) in [6.07, 6.45) is 8.82. The highest BCUT2D eigenvalue weighted by Gasteiger charge is 2.18. The molecule has 0 spiro atoms. The van der Waals surface area contributed by atoms with Gasteiger partial charge in [0.2, 0.25) is 5.91 Å². The van der Waals surface area contributed by atoms with Gasteiger partial charge in [0, 0.05) is 42.9 Å². The van der Waals surface area contributed by atoms with E-state index in [1.165, 1.54) is 6.07 Å². The molecule has 1 aliphatic heterocycles. The van der Waals surface area contributed by atoms with E-state index < -0.39 is 0 Å². The molecule has 1 amide bonds. The van der Waals surface area contributed by atoms with E-state index in [4.69, 9.17) is 4.74 Å². The summed E-state index contributed by atoms with van der Waals surface area (Å²) in [5, 5.41) is 7.54. The standard InChI is InChI=1S/C23H25FN4O2/c24-21-7-2-1-6-19(21)23-20(17-8-10-25-11-9-17)16-28(27-23)13-12-26-22(29)15-18-5-3-4-14-30-18/h1-2,6-11,16,18H,3-5,12-15H2,(H,26,29). The summed E-state index contributed by atoms with van der Waals surface area (Å²) in [6, 6.07) is 10.3. The second kappa shape index (κ2) is 9.63. The summed E-state index contributed by atoms with van der Waals surface area (Å²) in [4.78, 5) is 16.2. The molecular formula is C23H25FN4O2. The molecule has 0 saturated carbocycles. The molecule has 6 nitrogen and oxygen atoms in total. The van der Waals surface area contributed by atoms with E-state index in [1.807, 2.05) is 18.3 Å². The first-order chi connectivity index (χ1) is 14.7. The Morgan fingerprint density at radius 3 is 2.77 bits per heavy atom. The fraction of sp³-hybridized carbons (Fsp3) is 0.348. The van der Waals surface area contributed by atoms with Gasteiger partial charge in [-0.15, -0.1) is 0 Å². The van der Waals surface area contributed by atoms with Gasteiger partial charge in [0.15, 0.2) is 0 Å². The van der Waals surface area contributed by atoms with Gasteiger partial charge < -0.3 is 10.1 Å². The molecule has 7 heteroatoms. The van der Waals surface area contributed by atoms with Crippen molar-refractivity contribution in [2.45, 2.75) is 38.3 Å². The number of hydrogen-bond acceptors (Lipinski definition) is 4. The first-order valence-corrected chi connectivity index (χ1v) is 10.3. The molecule has 1 aliphatic rings. The first kappa shape index (κ1) is 20.2. The number of carbonyl (C=O) groups is 1. The van der Waals surface area contributed by atoms with Gasteiger partial charge in [-0.3, -0.25) is 14.5 Å². The zero-order valence-corrected chi connectivity index (χ0v) is 16.8. The summed E-state index contributed by atoms with van der Waals surface area (Å²) in [5.41, 5.74) is 2.75. The van der Waals surface area contributed by atoms with E-state index in [-0.39, 0.29) is 17.8 Å². The Labute approximate surface area is 175 Å². The predicted molar refractivity (Wildman–Crippen MR) is 112 cm³/mol. The second-order valence-electron chi connectivity index (χ2n) is 7.41. The van der Waals surface area contributed by atoms with Gasteiger partial charge in [-0.25, -0.2) is 4.39 Å². The number of amides is 1. The molecule has 3 heterocycles. The lowest BCUT2D eigenvalue weighted by Gasteiger charge is -2.21. The molecule has 0 radical (unpaired) electrons. The van der Waals surface area contributed by atoms with E-state index in [2.05, 4.69) is 15.4 Å². The molecule has 30 heavy (non-hydrogen) atoms. The van der Waals surface area contributed by atoms with Crippen molar-refractivity contribution in [3.8, 4) is 22.4 Å². The highest BCUT2D eigenvalue weighted by Crippen LogP contribution is 2.32. The molecule has 1 aromatic carbocycles. The Hall–Kier alpha value is -3.06. The Balaban J connectivity index is 1.46. The number of ether oxygens (including phenoxy) is 1. The Bertz CT molecular complexity index is 984. The smallest absolute Gasteiger partial charge is 0.222 e. The third kappa shape index (κ3) is 4.91. The van der Waals surface area contributed by atoms with E-state index >= 15 is 0 Å². The topological polar surface area (TPSA) is 69.0 Å². The van der Waals surface area contributed by atoms with Gasteiger partial charge >= 0.3 is 0 Å². The molecule has 1 fully saturated rings. The maximum absolute atomic E-state index is 14.4. The van der Waals surface area contributed by atoms with Crippen LogP contribution in [0, 0.1) is 5.82 Å². The van der Waals surface area contributed by atoms with Crippen LogP contribution in [0.15, 0.2) is 55.0 Å². The molecule has 1 saturated heterocycles. The molecule has 1 atom stereocenters. The minimum Gasteiger partial charge on any atom is -0.378 e. The number of hydrogen-bond donors (Lipinski definition) is 1. The SMILES string of the molecule is O=C(CC1CCCCO1)NCCn1cc(-c2ccncc2)c(-c2ccccc2F)n1. The largest absolute Gasteiger partial charge is 0.378 e. The predicted octanol–water partition coefficient (Wildman–Crippen LogP) is 3.83.